The van der Waals surface area contributed by atoms with Gasteiger partial charge in [-0.15, -0.1) is 0 Å². The Bertz CT molecular complexity index is 1220. The maximum Gasteiger partial charge on any atom is 0.271 e. The number of sulfonamides is 1. The number of hydrogen-bond acceptors (Lipinski definition) is 5. The van der Waals surface area contributed by atoms with Crippen LogP contribution in [0.4, 0.5) is 17.1 Å². The van der Waals surface area contributed by atoms with Crippen LogP contribution in [0.25, 0.3) is 0 Å². The van der Waals surface area contributed by atoms with Gasteiger partial charge in [-0.3, -0.25) is 19.2 Å². The number of nitro groups is 1. The maximum atomic E-state index is 13.2. The highest BCUT2D eigenvalue weighted by Gasteiger charge is 2.28. The van der Waals surface area contributed by atoms with E-state index >= 15 is 0 Å². The standard InChI is InChI=1S/C20H15Cl2N3O5S/c21-14-9-15(22)11-16(10-14)23-20(26)13-24(17-5-4-6-18(12-17)25(27)28)31(29,30)19-7-2-1-3-8-19/h1-12H,13H2,(H,23,26). The zero-order valence-corrected chi connectivity index (χ0v) is 18.1. The van der Waals surface area contributed by atoms with Gasteiger partial charge in [-0.05, 0) is 36.4 Å². The fraction of sp³-hybridized carbons (Fsp3) is 0.0500. The fourth-order valence-corrected chi connectivity index (χ4v) is 4.71. The van der Waals surface area contributed by atoms with E-state index in [0.29, 0.717) is 0 Å². The number of nitro benzene ring substituents is 1. The van der Waals surface area contributed by atoms with Crippen molar-refractivity contribution in [3.63, 3.8) is 0 Å². The van der Waals surface area contributed by atoms with Gasteiger partial charge in [0.1, 0.15) is 6.54 Å². The first-order valence-corrected chi connectivity index (χ1v) is 10.9. The van der Waals surface area contributed by atoms with E-state index in [1.54, 1.807) is 6.07 Å². The molecule has 31 heavy (non-hydrogen) atoms. The second kappa shape index (κ2) is 9.34. The topological polar surface area (TPSA) is 110 Å². The Morgan fingerprint density at radius 1 is 0.968 bits per heavy atom. The molecule has 3 aromatic rings. The van der Waals surface area contributed by atoms with Crippen molar-refractivity contribution in [1.29, 1.82) is 0 Å². The Hall–Kier alpha value is -3.14. The average molecular weight is 480 g/mol. The summed E-state index contributed by atoms with van der Waals surface area (Å²) in [4.78, 5) is 23.1. The summed E-state index contributed by atoms with van der Waals surface area (Å²) >= 11 is 11.9. The lowest BCUT2D eigenvalue weighted by molar-refractivity contribution is -0.384. The zero-order chi connectivity index (χ0) is 22.6. The average Bonchev–Trinajstić information content (AvgIpc) is 2.72. The molecule has 0 unspecified atom stereocenters. The van der Waals surface area contributed by atoms with Crippen LogP contribution in [0.5, 0.6) is 0 Å². The zero-order valence-electron chi connectivity index (χ0n) is 15.7. The van der Waals surface area contributed by atoms with Crippen molar-refractivity contribution in [1.82, 2.24) is 0 Å². The van der Waals surface area contributed by atoms with Crippen LogP contribution >= 0.6 is 23.2 Å². The molecule has 0 heterocycles. The molecular formula is C20H15Cl2N3O5S. The molecule has 1 N–H and O–H groups in total. The molecule has 0 saturated carbocycles. The minimum absolute atomic E-state index is 0.0303. The molecule has 11 heteroatoms. The van der Waals surface area contributed by atoms with Crippen LogP contribution in [-0.4, -0.2) is 25.8 Å². The van der Waals surface area contributed by atoms with E-state index in [4.69, 9.17) is 23.2 Å². The lowest BCUT2D eigenvalue weighted by Crippen LogP contribution is -2.38. The quantitative estimate of drug-likeness (QED) is 0.388. The fourth-order valence-electron chi connectivity index (χ4n) is 2.75. The second-order valence-corrected chi connectivity index (χ2v) is 9.04. The molecule has 0 aliphatic rings. The largest absolute Gasteiger partial charge is 0.324 e. The van der Waals surface area contributed by atoms with Gasteiger partial charge in [-0.1, -0.05) is 47.5 Å². The van der Waals surface area contributed by atoms with Crippen molar-refractivity contribution >= 4 is 56.2 Å². The first kappa shape index (κ1) is 22.5. The summed E-state index contributed by atoms with van der Waals surface area (Å²) in [5.41, 5.74) is -0.0660. The molecule has 0 aromatic heterocycles. The lowest BCUT2D eigenvalue weighted by Gasteiger charge is -2.24. The predicted octanol–water partition coefficient (Wildman–Crippen LogP) is 4.74. The minimum Gasteiger partial charge on any atom is -0.324 e. The molecule has 3 rings (SSSR count). The van der Waals surface area contributed by atoms with Crippen molar-refractivity contribution in [3.8, 4) is 0 Å². The van der Waals surface area contributed by atoms with Gasteiger partial charge in [0, 0.05) is 27.9 Å². The number of carbonyl (C=O) groups excluding carboxylic acids is 1. The molecule has 3 aromatic carbocycles. The third-order valence-electron chi connectivity index (χ3n) is 4.09. The van der Waals surface area contributed by atoms with E-state index in [1.807, 2.05) is 0 Å². The summed E-state index contributed by atoms with van der Waals surface area (Å²) in [5, 5.41) is 14.3. The number of nitrogens with one attached hydrogen (secondary N) is 1. The van der Waals surface area contributed by atoms with Crippen LogP contribution in [0.1, 0.15) is 0 Å². The van der Waals surface area contributed by atoms with Crippen LogP contribution in [0.3, 0.4) is 0 Å². The third kappa shape index (κ3) is 5.52. The number of hydrogen-bond donors (Lipinski definition) is 1. The van der Waals surface area contributed by atoms with Crippen LogP contribution in [0.2, 0.25) is 10.0 Å². The van der Waals surface area contributed by atoms with Crippen molar-refractivity contribution < 1.29 is 18.1 Å². The number of carbonyl (C=O) groups is 1. The van der Waals surface area contributed by atoms with Gasteiger partial charge >= 0.3 is 0 Å². The Morgan fingerprint density at radius 2 is 1.61 bits per heavy atom. The first-order chi connectivity index (χ1) is 14.7. The van der Waals surface area contributed by atoms with E-state index in [9.17, 15) is 23.3 Å². The molecule has 1 amide bonds. The van der Waals surface area contributed by atoms with E-state index in [0.717, 1.165) is 10.4 Å². The molecule has 0 atom stereocenters. The summed E-state index contributed by atoms with van der Waals surface area (Å²) in [6, 6.07) is 16.9. The predicted molar refractivity (Wildman–Crippen MR) is 119 cm³/mol. The molecular weight excluding hydrogens is 465 g/mol. The number of rotatable bonds is 7. The number of amides is 1. The summed E-state index contributed by atoms with van der Waals surface area (Å²) in [5.74, 6) is -0.690. The van der Waals surface area contributed by atoms with Gasteiger partial charge in [-0.2, -0.15) is 0 Å². The molecule has 0 radical (unpaired) electrons. The van der Waals surface area contributed by atoms with Crippen molar-refractivity contribution in [3.05, 3.63) is 93.0 Å². The maximum absolute atomic E-state index is 13.2. The Morgan fingerprint density at radius 3 is 2.23 bits per heavy atom. The van der Waals surface area contributed by atoms with Crippen LogP contribution in [0.15, 0.2) is 77.7 Å². The van der Waals surface area contributed by atoms with Gasteiger partial charge in [0.05, 0.1) is 15.5 Å². The van der Waals surface area contributed by atoms with Crippen LogP contribution in [0, 0.1) is 10.1 Å². The monoisotopic (exact) mass is 479 g/mol. The normalized spacial score (nSPS) is 11.0. The number of anilines is 2. The number of non-ortho nitro benzene ring substituents is 1. The van der Waals surface area contributed by atoms with E-state index in [-0.39, 0.29) is 32.0 Å². The number of benzene rings is 3. The SMILES string of the molecule is O=C(CN(c1cccc([N+](=O)[O-])c1)S(=O)(=O)c1ccccc1)Nc1cc(Cl)cc(Cl)c1. The molecule has 160 valence electrons. The van der Waals surface area contributed by atoms with Crippen molar-refractivity contribution in [2.45, 2.75) is 4.90 Å². The Labute approximate surface area is 188 Å². The number of halogens is 2. The summed E-state index contributed by atoms with van der Waals surface area (Å²) in [6.07, 6.45) is 0. The molecule has 0 fully saturated rings. The van der Waals surface area contributed by atoms with Gasteiger partial charge in [0.15, 0.2) is 0 Å². The molecule has 8 nitrogen and oxygen atoms in total. The van der Waals surface area contributed by atoms with E-state index in [2.05, 4.69) is 5.32 Å². The highest BCUT2D eigenvalue weighted by Crippen LogP contribution is 2.27. The lowest BCUT2D eigenvalue weighted by atomic mass is 10.3. The Balaban J connectivity index is 1.99. The third-order valence-corrected chi connectivity index (χ3v) is 6.32. The highest BCUT2D eigenvalue weighted by molar-refractivity contribution is 7.92. The molecule has 0 aliphatic heterocycles. The minimum atomic E-state index is -4.20. The second-order valence-electron chi connectivity index (χ2n) is 6.31. The molecule has 0 saturated heterocycles. The summed E-state index contributed by atoms with van der Waals surface area (Å²) < 4.78 is 27.3. The summed E-state index contributed by atoms with van der Waals surface area (Å²) in [7, 11) is -4.20. The van der Waals surface area contributed by atoms with Crippen LogP contribution in [-0.2, 0) is 14.8 Å². The first-order valence-electron chi connectivity index (χ1n) is 8.75. The smallest absolute Gasteiger partial charge is 0.271 e. The molecule has 0 bridgehead atoms. The van der Waals surface area contributed by atoms with Gasteiger partial charge in [0.2, 0.25) is 5.91 Å². The van der Waals surface area contributed by atoms with Gasteiger partial charge < -0.3 is 5.32 Å². The molecule has 0 aliphatic carbocycles. The van der Waals surface area contributed by atoms with Crippen LogP contribution < -0.4 is 9.62 Å². The van der Waals surface area contributed by atoms with Crippen molar-refractivity contribution in [2.24, 2.45) is 0 Å². The number of nitrogens with zero attached hydrogens (tertiary/aromatic N) is 2. The van der Waals surface area contributed by atoms with E-state index in [1.165, 1.54) is 60.7 Å². The van der Waals surface area contributed by atoms with Crippen molar-refractivity contribution in [2.75, 3.05) is 16.2 Å². The van der Waals surface area contributed by atoms with Gasteiger partial charge in [0.25, 0.3) is 15.7 Å². The van der Waals surface area contributed by atoms with Gasteiger partial charge in [-0.25, -0.2) is 8.42 Å². The Kier molecular flexibility index (Phi) is 6.79. The summed E-state index contributed by atoms with van der Waals surface area (Å²) in [6.45, 7) is -0.636. The van der Waals surface area contributed by atoms with E-state index < -0.39 is 27.4 Å². The highest BCUT2D eigenvalue weighted by atomic mass is 35.5. The molecule has 0 spiro atoms.